The number of aromatic carboxylic acids is 2. The van der Waals surface area contributed by atoms with Crippen LogP contribution in [0.2, 0.25) is 40.2 Å². The quantitative estimate of drug-likeness (QED) is 0.0518. The normalized spacial score (nSPS) is 14.6. The second-order valence-corrected chi connectivity index (χ2v) is 40.7. The Balaban J connectivity index is 0.000000143. The van der Waals surface area contributed by atoms with Crippen LogP contribution < -0.4 is 15.3 Å². The third-order valence-electron chi connectivity index (χ3n) is 22.2. The van der Waals surface area contributed by atoms with E-state index >= 15 is 0 Å². The van der Waals surface area contributed by atoms with Gasteiger partial charge in [-0.15, -0.1) is 58.8 Å². The van der Waals surface area contributed by atoms with E-state index in [4.69, 9.17) is 103 Å². The molecule has 6 heterocycles. The van der Waals surface area contributed by atoms with Gasteiger partial charge in [0.05, 0.1) is 73.8 Å². The highest BCUT2D eigenvalue weighted by molar-refractivity contribution is 7.99. The summed E-state index contributed by atoms with van der Waals surface area (Å²) in [5, 5.41) is 44.2. The van der Waals surface area contributed by atoms with Gasteiger partial charge >= 0.3 is 18.1 Å². The van der Waals surface area contributed by atoms with Crippen LogP contribution in [0.5, 0.6) is 5.75 Å². The minimum Gasteiger partial charge on any atom is -0.502 e. The number of aromatic hydroxyl groups is 1. The molecule has 13 aromatic carbocycles. The van der Waals surface area contributed by atoms with Crippen LogP contribution >= 0.6 is 152 Å². The summed E-state index contributed by atoms with van der Waals surface area (Å²) < 4.78 is 55.5. The SMILES string of the molecule is C[C@@H](N1CN([C@H]2c3cccc(N4CCCC4=O)c3CSc3cccc(Cl)c32)n2ccc(=O)c(O)c2C1=O)C(F)(F)F.O=C(O)c1c(Cl)cccc1S(=O)Cc1ccccc1.O=C(O)c1c(Cl)cccc1SCc1ccccc1.O=C1c2ccccc2CSc2cccc(Cl)c21.O=Cc1c(Cl)cccc1Cl.O=Cc1c(Cl)cccc1SCc1ccccc1.OC1c2ccccc2CSc2cccc(Cl)c21. The summed E-state index contributed by atoms with van der Waals surface area (Å²) in [6.07, 6.45) is -1.53. The maximum atomic E-state index is 14.0. The van der Waals surface area contributed by atoms with Crippen LogP contribution in [0.1, 0.15) is 155 Å². The first kappa shape index (κ1) is 106. The average Bonchev–Trinajstić information content (AvgIpc) is 1.71. The van der Waals surface area contributed by atoms with Crippen molar-refractivity contribution in [3.8, 4) is 5.75 Å². The molecule has 1 aromatic heterocycles. The number of ketones is 1. The van der Waals surface area contributed by atoms with Crippen LogP contribution in [0.4, 0.5) is 18.9 Å². The molecule has 0 spiro atoms. The molecule has 712 valence electrons. The molecule has 0 bridgehead atoms. The van der Waals surface area contributed by atoms with Crippen molar-refractivity contribution in [1.82, 2.24) is 9.58 Å². The number of alkyl halides is 3. The number of fused-ring (bicyclic) bond motifs is 7. The molecule has 2 amide bonds. The molecule has 4 atom stereocenters. The van der Waals surface area contributed by atoms with Crippen LogP contribution in [-0.4, -0.2) is 102 Å². The molecule has 5 aliphatic rings. The van der Waals surface area contributed by atoms with Gasteiger partial charge in [0.1, 0.15) is 24.9 Å². The number of aromatic nitrogens is 1. The average molecular weight is 2140 g/mol. The summed E-state index contributed by atoms with van der Waals surface area (Å²) in [6.45, 7) is 0.880. The molecule has 2 unspecified atom stereocenters. The van der Waals surface area contributed by atoms with E-state index < -0.39 is 76.6 Å². The van der Waals surface area contributed by atoms with Gasteiger partial charge in [0.25, 0.3) is 5.91 Å². The number of benzene rings is 13. The molecule has 5 aliphatic heterocycles. The number of carboxylic acid groups (broad SMARTS) is 2. The molecular weight excluding hydrogens is 2060 g/mol. The summed E-state index contributed by atoms with van der Waals surface area (Å²) in [6, 6.07) is 85.4. The molecule has 14 aromatic rings. The smallest absolute Gasteiger partial charge is 0.408 e. The van der Waals surface area contributed by atoms with Gasteiger partial charge in [-0.2, -0.15) is 13.2 Å². The number of carbonyl (C=O) groups is 7. The van der Waals surface area contributed by atoms with E-state index in [1.54, 1.807) is 113 Å². The summed E-state index contributed by atoms with van der Waals surface area (Å²) in [5.41, 5.74) is 11.1. The van der Waals surface area contributed by atoms with E-state index in [-0.39, 0.29) is 43.5 Å². The Morgan fingerprint density at radius 3 is 1.58 bits per heavy atom. The zero-order valence-corrected chi connectivity index (χ0v) is 84.1. The highest BCUT2D eigenvalue weighted by atomic mass is 35.5. The molecule has 1 fully saturated rings. The molecule has 34 heteroatoms. The Bertz CT molecular complexity index is 6970. The number of aliphatic hydroxyl groups excluding tert-OH is 1. The molecule has 0 saturated carbocycles. The molecule has 17 nitrogen and oxygen atoms in total. The largest absolute Gasteiger partial charge is 0.502 e. The molecule has 139 heavy (non-hydrogen) atoms. The number of nitrogens with zero attached hydrogens (tertiary/aromatic N) is 4. The highest BCUT2D eigenvalue weighted by Gasteiger charge is 2.48. The number of hydrogen-bond donors (Lipinski definition) is 4. The predicted molar refractivity (Wildman–Crippen MR) is 554 cm³/mol. The van der Waals surface area contributed by atoms with Crippen molar-refractivity contribution in [2.75, 3.05) is 23.1 Å². The number of aliphatic hydroxyl groups is 1. The first-order chi connectivity index (χ1) is 66.9. The number of hydrogen-bond acceptors (Lipinski definition) is 17. The lowest BCUT2D eigenvalue weighted by atomic mass is 9.93. The Hall–Kier alpha value is -10.7. The molecule has 1 saturated heterocycles. The van der Waals surface area contributed by atoms with Crippen molar-refractivity contribution in [2.45, 2.75) is 108 Å². The Kier molecular flexibility index (Phi) is 37.7. The van der Waals surface area contributed by atoms with Crippen molar-refractivity contribution in [1.29, 1.82) is 0 Å². The summed E-state index contributed by atoms with van der Waals surface area (Å²) in [4.78, 5) is 102. The number of anilines is 1. The fourth-order valence-corrected chi connectivity index (χ4v) is 24.3. The standard InChI is InChI=1S/C28H24ClF3N4O4S.C14H11ClO3S.C14H11ClO2S.C14H11ClOS.C14H9ClOS.C14H11ClOS.C7H4Cl2O/c1-15(28(30,31)32)34-14-36(35-12-10-20(37)26(39)25(35)27(34)40)24-16-5-2-7-19(33-11-4-9-22(33)38)17(16)13-41-21-8-3-6-18(29)23(21)24;15-11-7-4-8-12(13(11)14(16)17)19(18)9-10-5-2-1-3-6-10;15-11-7-4-8-12(13(11)14(16)17)18-9-10-5-2-1-3-6-10;2*15-11-6-3-7-12-13(11)14(16)10-5-2-1-4-9(10)8-17-12;15-13-7-4-8-14(12(13)9-16)17-10-11-5-2-1-3-6-11;8-6-2-1-3-7(9)5(6)4-10/h2-3,5-8,10,12,15,24,39H,4,9,11,13-14H2,1H3;1-8H,9H2,(H,16,17);1-8H,9H2,(H,16,17);1-7,14,16H,8H2;1-7H,8H2;1-9H,10H2;1-4H/t15-,24+;;;;;;/m1....../s1. The maximum absolute atomic E-state index is 14.0. The van der Waals surface area contributed by atoms with Gasteiger partial charge in [-0.25, -0.2) is 9.59 Å². The lowest BCUT2D eigenvalue weighted by Crippen LogP contribution is -2.60. The molecular formula is C105H81Cl8F3N4O13S6. The second-order valence-electron chi connectivity index (χ2n) is 30.9. The maximum Gasteiger partial charge on any atom is 0.408 e. The van der Waals surface area contributed by atoms with E-state index in [0.29, 0.717) is 105 Å². The van der Waals surface area contributed by atoms with Gasteiger partial charge in [0.15, 0.2) is 29.8 Å². The lowest BCUT2D eigenvalue weighted by Gasteiger charge is -2.46. The third-order valence-corrected chi connectivity index (χ3v) is 31.8. The van der Waals surface area contributed by atoms with E-state index in [0.717, 1.165) is 101 Å². The number of rotatable bonds is 16. The van der Waals surface area contributed by atoms with Gasteiger partial charge in [-0.3, -0.25) is 42.7 Å². The minimum atomic E-state index is -4.77. The predicted octanol–water partition coefficient (Wildman–Crippen LogP) is 28.2. The summed E-state index contributed by atoms with van der Waals surface area (Å²) in [7, 11) is -1.44. The van der Waals surface area contributed by atoms with Crippen LogP contribution in [0.15, 0.2) is 332 Å². The first-order valence-electron chi connectivity index (χ1n) is 42.4. The third kappa shape index (κ3) is 26.0. The second kappa shape index (κ2) is 49.6. The van der Waals surface area contributed by atoms with Crippen molar-refractivity contribution < 1.29 is 71.4 Å². The lowest BCUT2D eigenvalue weighted by molar-refractivity contribution is -0.173. The summed E-state index contributed by atoms with van der Waals surface area (Å²) >= 11 is 56.1. The summed E-state index contributed by atoms with van der Waals surface area (Å²) in [5.74, 6) is -0.233. The zero-order valence-electron chi connectivity index (χ0n) is 73.1. The fraction of sp³-hybridized carbons (Fsp3) is 0.143. The van der Waals surface area contributed by atoms with Crippen LogP contribution in [0.3, 0.4) is 0 Å². The zero-order chi connectivity index (χ0) is 99.3. The minimum absolute atomic E-state index is 0.0129. The number of amides is 2. The van der Waals surface area contributed by atoms with Crippen molar-refractivity contribution in [3.05, 3.63) is 442 Å². The van der Waals surface area contributed by atoms with E-state index in [1.807, 2.05) is 182 Å². The topological polar surface area (TPSA) is 249 Å². The molecule has 0 aliphatic carbocycles. The van der Waals surface area contributed by atoms with Gasteiger partial charge in [-0.1, -0.05) is 287 Å². The van der Waals surface area contributed by atoms with Crippen LogP contribution in [-0.2, 0) is 50.1 Å². The number of carboxylic acids is 2. The Morgan fingerprint density at radius 1 is 0.511 bits per heavy atom. The van der Waals surface area contributed by atoms with Gasteiger partial charge < -0.3 is 30.2 Å². The van der Waals surface area contributed by atoms with Crippen molar-refractivity contribution in [3.63, 3.8) is 0 Å². The number of carbonyl (C=O) groups excluding carboxylic acids is 5. The Labute approximate surface area is 862 Å². The van der Waals surface area contributed by atoms with Gasteiger partial charge in [0.2, 0.25) is 11.3 Å². The highest BCUT2D eigenvalue weighted by Crippen LogP contribution is 2.50. The molecule has 4 N–H and O–H groups in total. The van der Waals surface area contributed by atoms with Crippen LogP contribution in [0, 0.1) is 0 Å². The van der Waals surface area contributed by atoms with Gasteiger partial charge in [-0.05, 0) is 149 Å². The van der Waals surface area contributed by atoms with Crippen molar-refractivity contribution in [2.24, 2.45) is 0 Å². The Morgan fingerprint density at radius 2 is 0.986 bits per heavy atom. The number of halogens is 11. The number of thioether (sulfide) groups is 5. The van der Waals surface area contributed by atoms with E-state index in [9.17, 15) is 65.9 Å². The molecule has 0 radical (unpaired) electrons. The monoisotopic (exact) mass is 2130 g/mol. The fourth-order valence-electron chi connectivity index (χ4n) is 15.3. The van der Waals surface area contributed by atoms with Crippen LogP contribution in [0.25, 0.3) is 0 Å². The van der Waals surface area contributed by atoms with E-state index in [2.05, 4.69) is 18.2 Å². The van der Waals surface area contributed by atoms with Gasteiger partial charge in [0, 0.05) is 116 Å². The molecule has 19 rings (SSSR count). The van der Waals surface area contributed by atoms with Crippen molar-refractivity contribution >= 4 is 210 Å². The first-order valence-corrected chi connectivity index (χ1v) is 51.7. The van der Waals surface area contributed by atoms with E-state index in [1.165, 1.54) is 62.7 Å². The number of aldehydes is 2. The number of pyridine rings is 1.